The Morgan fingerprint density at radius 2 is 1.59 bits per heavy atom. The molecule has 1 fully saturated rings. The van der Waals surface area contributed by atoms with Crippen LogP contribution in [0.2, 0.25) is 0 Å². The van der Waals surface area contributed by atoms with E-state index in [1.165, 1.54) is 6.42 Å². The highest BCUT2D eigenvalue weighted by molar-refractivity contribution is 5.97. The van der Waals surface area contributed by atoms with E-state index < -0.39 is 24.5 Å². The van der Waals surface area contributed by atoms with Crippen molar-refractivity contribution in [2.24, 2.45) is 0 Å². The fraction of sp³-hybridized carbons (Fsp3) is 0.409. The van der Waals surface area contributed by atoms with Crippen molar-refractivity contribution in [3.05, 3.63) is 53.3 Å². The van der Waals surface area contributed by atoms with Gasteiger partial charge in [0, 0.05) is 23.1 Å². The quantitative estimate of drug-likeness (QED) is 0.757. The molecule has 2 aromatic rings. The Bertz CT molecular complexity index is 860. The number of amides is 3. The number of aromatic nitrogens is 1. The molecule has 0 spiro atoms. The van der Waals surface area contributed by atoms with E-state index in [1.54, 1.807) is 12.1 Å². The molecule has 0 bridgehead atoms. The van der Waals surface area contributed by atoms with Gasteiger partial charge in [-0.25, -0.2) is 9.59 Å². The van der Waals surface area contributed by atoms with Crippen LogP contribution in [0.5, 0.6) is 0 Å². The number of carbonyl (C=O) groups excluding carboxylic acids is 3. The highest BCUT2D eigenvalue weighted by Gasteiger charge is 2.18. The predicted octanol–water partition coefficient (Wildman–Crippen LogP) is 3.41. The molecule has 0 saturated heterocycles. The normalized spacial score (nSPS) is 14.3. The first kappa shape index (κ1) is 20.6. The molecular formula is C22H27N3O4. The van der Waals surface area contributed by atoms with E-state index in [0.717, 1.165) is 42.8 Å². The minimum atomic E-state index is -0.651. The second-order valence-corrected chi connectivity index (χ2v) is 7.43. The fourth-order valence-electron chi connectivity index (χ4n) is 3.67. The number of urea groups is 1. The SMILES string of the molecule is Cc1ccc(C)n1-c1ccc(C(=O)OCC(=O)NC(=O)NC2CCCCC2)cc1. The molecule has 0 radical (unpaired) electrons. The Kier molecular flexibility index (Phi) is 6.69. The van der Waals surface area contributed by atoms with Gasteiger partial charge < -0.3 is 14.6 Å². The fourth-order valence-corrected chi connectivity index (χ4v) is 3.67. The smallest absolute Gasteiger partial charge is 0.338 e. The van der Waals surface area contributed by atoms with Crippen LogP contribution in [0.15, 0.2) is 36.4 Å². The zero-order valence-corrected chi connectivity index (χ0v) is 16.9. The van der Waals surface area contributed by atoms with Gasteiger partial charge in [-0.05, 0) is 63.1 Å². The topological polar surface area (TPSA) is 89.4 Å². The number of esters is 1. The Morgan fingerprint density at radius 1 is 0.966 bits per heavy atom. The number of nitrogens with zero attached hydrogens (tertiary/aromatic N) is 1. The average molecular weight is 397 g/mol. The summed E-state index contributed by atoms with van der Waals surface area (Å²) in [5.74, 6) is -1.26. The molecule has 29 heavy (non-hydrogen) atoms. The molecule has 1 aromatic heterocycles. The van der Waals surface area contributed by atoms with Crippen LogP contribution < -0.4 is 10.6 Å². The summed E-state index contributed by atoms with van der Waals surface area (Å²) in [6.45, 7) is 3.52. The second kappa shape index (κ2) is 9.41. The van der Waals surface area contributed by atoms with Gasteiger partial charge in [-0.15, -0.1) is 0 Å². The number of carbonyl (C=O) groups is 3. The number of hydrogen-bond acceptors (Lipinski definition) is 4. The third-order valence-electron chi connectivity index (χ3n) is 5.16. The van der Waals surface area contributed by atoms with Crippen LogP contribution in [0.4, 0.5) is 4.79 Å². The first-order chi connectivity index (χ1) is 13.9. The lowest BCUT2D eigenvalue weighted by Crippen LogP contribution is -2.46. The van der Waals surface area contributed by atoms with Crippen molar-refractivity contribution < 1.29 is 19.1 Å². The third-order valence-corrected chi connectivity index (χ3v) is 5.16. The number of imide groups is 1. The third kappa shape index (κ3) is 5.47. The summed E-state index contributed by atoms with van der Waals surface area (Å²) < 4.78 is 7.10. The van der Waals surface area contributed by atoms with Crippen molar-refractivity contribution in [1.82, 2.24) is 15.2 Å². The van der Waals surface area contributed by atoms with Crippen LogP contribution in [0.1, 0.15) is 53.8 Å². The maximum atomic E-state index is 12.2. The number of ether oxygens (including phenoxy) is 1. The zero-order valence-electron chi connectivity index (χ0n) is 16.9. The molecular weight excluding hydrogens is 370 g/mol. The molecule has 3 rings (SSSR count). The Balaban J connectivity index is 1.47. The maximum absolute atomic E-state index is 12.2. The van der Waals surface area contributed by atoms with E-state index in [0.29, 0.717) is 5.56 Å². The molecule has 1 heterocycles. The molecule has 0 aliphatic heterocycles. The van der Waals surface area contributed by atoms with Gasteiger partial charge in [0.05, 0.1) is 5.56 Å². The summed E-state index contributed by atoms with van der Waals surface area (Å²) in [5.41, 5.74) is 3.48. The maximum Gasteiger partial charge on any atom is 0.338 e. The number of nitrogens with one attached hydrogen (secondary N) is 2. The Labute approximate surface area is 170 Å². The van der Waals surface area contributed by atoms with Crippen LogP contribution in [0.3, 0.4) is 0 Å². The van der Waals surface area contributed by atoms with Gasteiger partial charge in [-0.2, -0.15) is 0 Å². The number of rotatable bonds is 5. The van der Waals surface area contributed by atoms with Crippen LogP contribution in [-0.2, 0) is 9.53 Å². The number of benzene rings is 1. The molecule has 0 unspecified atom stereocenters. The van der Waals surface area contributed by atoms with Crippen molar-refractivity contribution >= 4 is 17.9 Å². The lowest BCUT2D eigenvalue weighted by Gasteiger charge is -2.22. The largest absolute Gasteiger partial charge is 0.452 e. The van der Waals surface area contributed by atoms with Crippen molar-refractivity contribution in [2.75, 3.05) is 6.61 Å². The van der Waals surface area contributed by atoms with Gasteiger partial charge in [0.1, 0.15) is 0 Å². The van der Waals surface area contributed by atoms with E-state index in [2.05, 4.69) is 15.2 Å². The molecule has 7 heteroatoms. The van der Waals surface area contributed by atoms with Gasteiger partial charge in [0.25, 0.3) is 5.91 Å². The summed E-state index contributed by atoms with van der Waals surface area (Å²) in [6, 6.07) is 10.6. The lowest BCUT2D eigenvalue weighted by atomic mass is 9.96. The van der Waals surface area contributed by atoms with Crippen LogP contribution in [-0.4, -0.2) is 35.1 Å². The highest BCUT2D eigenvalue weighted by Crippen LogP contribution is 2.18. The van der Waals surface area contributed by atoms with Crippen molar-refractivity contribution in [3.63, 3.8) is 0 Å². The summed E-state index contributed by atoms with van der Waals surface area (Å²) >= 11 is 0. The van der Waals surface area contributed by atoms with E-state index in [1.807, 2.05) is 38.1 Å². The minimum Gasteiger partial charge on any atom is -0.452 e. The molecule has 1 aliphatic carbocycles. The Hall–Kier alpha value is -3.09. The number of aryl methyl sites for hydroxylation is 2. The summed E-state index contributed by atoms with van der Waals surface area (Å²) in [7, 11) is 0. The highest BCUT2D eigenvalue weighted by atomic mass is 16.5. The van der Waals surface area contributed by atoms with E-state index in [-0.39, 0.29) is 6.04 Å². The number of hydrogen-bond donors (Lipinski definition) is 2. The molecule has 1 aliphatic rings. The van der Waals surface area contributed by atoms with E-state index >= 15 is 0 Å². The average Bonchev–Trinajstić information content (AvgIpc) is 3.05. The molecule has 2 N–H and O–H groups in total. The van der Waals surface area contributed by atoms with Gasteiger partial charge >= 0.3 is 12.0 Å². The molecule has 7 nitrogen and oxygen atoms in total. The van der Waals surface area contributed by atoms with Gasteiger partial charge in [-0.1, -0.05) is 19.3 Å². The first-order valence-corrected chi connectivity index (χ1v) is 9.97. The van der Waals surface area contributed by atoms with E-state index in [4.69, 9.17) is 4.74 Å². The van der Waals surface area contributed by atoms with E-state index in [9.17, 15) is 14.4 Å². The minimum absolute atomic E-state index is 0.102. The zero-order chi connectivity index (χ0) is 20.8. The molecule has 0 atom stereocenters. The van der Waals surface area contributed by atoms with Crippen molar-refractivity contribution in [1.29, 1.82) is 0 Å². The molecule has 1 saturated carbocycles. The summed E-state index contributed by atoms with van der Waals surface area (Å²) in [5, 5.41) is 4.99. The Morgan fingerprint density at radius 3 is 2.21 bits per heavy atom. The summed E-state index contributed by atoms with van der Waals surface area (Å²) in [4.78, 5) is 35.9. The van der Waals surface area contributed by atoms with Crippen LogP contribution in [0.25, 0.3) is 5.69 Å². The van der Waals surface area contributed by atoms with Gasteiger partial charge in [-0.3, -0.25) is 10.1 Å². The molecule has 3 amide bonds. The standard InChI is InChI=1S/C22H27N3O4/c1-15-8-9-16(2)25(15)19-12-10-17(11-13-19)21(27)29-14-20(26)24-22(28)23-18-6-4-3-5-7-18/h8-13,18H,3-7,14H2,1-2H3,(H2,23,24,26,28). The predicted molar refractivity (Wildman–Crippen MR) is 109 cm³/mol. The van der Waals surface area contributed by atoms with Crippen molar-refractivity contribution in [2.45, 2.75) is 52.0 Å². The second-order valence-electron chi connectivity index (χ2n) is 7.43. The summed E-state index contributed by atoms with van der Waals surface area (Å²) in [6.07, 6.45) is 5.20. The molecule has 1 aromatic carbocycles. The molecule has 154 valence electrons. The van der Waals surface area contributed by atoms with Crippen LogP contribution in [0, 0.1) is 13.8 Å². The van der Waals surface area contributed by atoms with Crippen LogP contribution >= 0.6 is 0 Å². The van der Waals surface area contributed by atoms with Gasteiger partial charge in [0.15, 0.2) is 6.61 Å². The monoisotopic (exact) mass is 397 g/mol. The lowest BCUT2D eigenvalue weighted by molar-refractivity contribution is -0.123. The van der Waals surface area contributed by atoms with Crippen molar-refractivity contribution in [3.8, 4) is 5.69 Å². The van der Waals surface area contributed by atoms with Gasteiger partial charge in [0.2, 0.25) is 0 Å². The first-order valence-electron chi connectivity index (χ1n) is 9.97.